The molecule has 17 heavy (non-hydrogen) atoms. The first-order valence-electron chi connectivity index (χ1n) is 5.57. The lowest BCUT2D eigenvalue weighted by molar-refractivity contribution is 0.161. The van der Waals surface area contributed by atoms with Gasteiger partial charge in [-0.2, -0.15) is 11.3 Å². The summed E-state index contributed by atoms with van der Waals surface area (Å²) in [6.45, 7) is 0.539. The molecule has 0 amide bonds. The van der Waals surface area contributed by atoms with Gasteiger partial charge in [0.05, 0.1) is 12.7 Å². The van der Waals surface area contributed by atoms with Crippen LogP contribution in [-0.2, 0) is 17.8 Å². The number of ether oxygens (including phenoxy) is 1. The van der Waals surface area contributed by atoms with E-state index in [1.165, 1.54) is 5.56 Å². The van der Waals surface area contributed by atoms with Gasteiger partial charge in [0, 0.05) is 13.5 Å². The molecular formula is C14H16O2S. The Morgan fingerprint density at radius 3 is 2.82 bits per heavy atom. The summed E-state index contributed by atoms with van der Waals surface area (Å²) >= 11 is 1.66. The van der Waals surface area contributed by atoms with Crippen molar-refractivity contribution in [2.24, 2.45) is 0 Å². The zero-order chi connectivity index (χ0) is 12.1. The molecule has 0 saturated heterocycles. The van der Waals surface area contributed by atoms with Gasteiger partial charge in [-0.15, -0.1) is 0 Å². The number of aliphatic hydroxyl groups is 1. The molecule has 0 fully saturated rings. The van der Waals surface area contributed by atoms with Gasteiger partial charge >= 0.3 is 0 Å². The van der Waals surface area contributed by atoms with Crippen LogP contribution in [0.15, 0.2) is 41.1 Å². The molecule has 3 heteroatoms. The summed E-state index contributed by atoms with van der Waals surface area (Å²) in [5, 5.41) is 14.4. The Kier molecular flexibility index (Phi) is 4.31. The Labute approximate surface area is 105 Å². The Bertz CT molecular complexity index is 451. The molecule has 1 aromatic carbocycles. The Hall–Kier alpha value is -1.16. The van der Waals surface area contributed by atoms with Crippen LogP contribution in [0, 0.1) is 0 Å². The second kappa shape index (κ2) is 5.96. The molecule has 0 aliphatic heterocycles. The van der Waals surface area contributed by atoms with Crippen molar-refractivity contribution in [1.82, 2.24) is 0 Å². The molecule has 0 aliphatic carbocycles. The molecular weight excluding hydrogens is 232 g/mol. The van der Waals surface area contributed by atoms with Crippen LogP contribution in [0.4, 0.5) is 0 Å². The lowest BCUT2D eigenvalue weighted by Gasteiger charge is -2.14. The van der Waals surface area contributed by atoms with Crippen molar-refractivity contribution in [3.05, 3.63) is 57.8 Å². The van der Waals surface area contributed by atoms with E-state index in [-0.39, 0.29) is 0 Å². The van der Waals surface area contributed by atoms with Crippen molar-refractivity contribution < 1.29 is 9.84 Å². The fourth-order valence-electron chi connectivity index (χ4n) is 1.89. The van der Waals surface area contributed by atoms with Gasteiger partial charge in [-0.05, 0) is 33.5 Å². The van der Waals surface area contributed by atoms with Crippen molar-refractivity contribution in [3.63, 3.8) is 0 Å². The minimum atomic E-state index is -0.462. The number of rotatable bonds is 5. The zero-order valence-corrected chi connectivity index (χ0v) is 10.6. The molecule has 1 unspecified atom stereocenters. The highest BCUT2D eigenvalue weighted by Crippen LogP contribution is 2.23. The third-order valence-corrected chi connectivity index (χ3v) is 3.46. The van der Waals surface area contributed by atoms with E-state index < -0.39 is 6.10 Å². The Balaban J connectivity index is 2.15. The molecule has 2 rings (SSSR count). The van der Waals surface area contributed by atoms with E-state index in [0.29, 0.717) is 13.0 Å². The molecule has 2 aromatic rings. The molecule has 0 radical (unpaired) electrons. The third-order valence-electron chi connectivity index (χ3n) is 2.72. The number of benzene rings is 1. The van der Waals surface area contributed by atoms with E-state index in [9.17, 15) is 5.11 Å². The molecule has 0 saturated carbocycles. The Morgan fingerprint density at radius 1 is 1.29 bits per heavy atom. The van der Waals surface area contributed by atoms with E-state index in [0.717, 1.165) is 11.1 Å². The highest BCUT2D eigenvalue weighted by molar-refractivity contribution is 7.07. The van der Waals surface area contributed by atoms with Crippen molar-refractivity contribution >= 4 is 11.3 Å². The first-order chi connectivity index (χ1) is 8.31. The highest BCUT2D eigenvalue weighted by atomic mass is 32.1. The van der Waals surface area contributed by atoms with E-state index in [2.05, 4.69) is 5.38 Å². The lowest BCUT2D eigenvalue weighted by atomic mass is 9.98. The zero-order valence-electron chi connectivity index (χ0n) is 9.80. The van der Waals surface area contributed by atoms with Gasteiger partial charge < -0.3 is 9.84 Å². The van der Waals surface area contributed by atoms with Gasteiger partial charge in [0.2, 0.25) is 0 Å². The predicted molar refractivity (Wildman–Crippen MR) is 70.1 cm³/mol. The van der Waals surface area contributed by atoms with Crippen LogP contribution >= 0.6 is 11.3 Å². The summed E-state index contributed by atoms with van der Waals surface area (Å²) in [4.78, 5) is 0. The summed E-state index contributed by atoms with van der Waals surface area (Å²) in [6, 6.07) is 9.92. The number of methoxy groups -OCH3 is 1. The van der Waals surface area contributed by atoms with Crippen molar-refractivity contribution in [1.29, 1.82) is 0 Å². The van der Waals surface area contributed by atoms with Crippen LogP contribution in [0.2, 0.25) is 0 Å². The predicted octanol–water partition coefficient (Wildman–Crippen LogP) is 3.17. The summed E-state index contributed by atoms with van der Waals surface area (Å²) in [5.41, 5.74) is 3.19. The standard InChI is InChI=1S/C14H16O2S/c1-16-9-12-4-2-3-5-13(12)14(15)8-11-6-7-17-10-11/h2-7,10,14-15H,8-9H2,1H3. The van der Waals surface area contributed by atoms with Crippen molar-refractivity contribution in [2.45, 2.75) is 19.1 Å². The molecule has 1 heterocycles. The molecule has 2 nitrogen and oxygen atoms in total. The minimum absolute atomic E-state index is 0.462. The molecule has 1 atom stereocenters. The fourth-order valence-corrected chi connectivity index (χ4v) is 2.57. The average Bonchev–Trinajstić information content (AvgIpc) is 2.83. The molecule has 0 spiro atoms. The summed E-state index contributed by atoms with van der Waals surface area (Å²) in [5.74, 6) is 0. The quantitative estimate of drug-likeness (QED) is 0.880. The highest BCUT2D eigenvalue weighted by Gasteiger charge is 2.12. The number of hydrogen-bond acceptors (Lipinski definition) is 3. The maximum atomic E-state index is 10.2. The van der Waals surface area contributed by atoms with Crippen molar-refractivity contribution in [2.75, 3.05) is 7.11 Å². The van der Waals surface area contributed by atoms with Gasteiger partial charge in [0.1, 0.15) is 0 Å². The summed E-state index contributed by atoms with van der Waals surface area (Å²) in [6.07, 6.45) is 0.195. The van der Waals surface area contributed by atoms with Gasteiger partial charge in [-0.1, -0.05) is 24.3 Å². The monoisotopic (exact) mass is 248 g/mol. The summed E-state index contributed by atoms with van der Waals surface area (Å²) < 4.78 is 5.14. The van der Waals surface area contributed by atoms with Crippen LogP contribution in [0.25, 0.3) is 0 Å². The summed E-state index contributed by atoms with van der Waals surface area (Å²) in [7, 11) is 1.67. The van der Waals surface area contributed by atoms with Crippen LogP contribution in [-0.4, -0.2) is 12.2 Å². The van der Waals surface area contributed by atoms with Gasteiger partial charge in [0.15, 0.2) is 0 Å². The minimum Gasteiger partial charge on any atom is -0.388 e. The van der Waals surface area contributed by atoms with Crippen LogP contribution in [0.3, 0.4) is 0 Å². The normalized spacial score (nSPS) is 12.6. The smallest absolute Gasteiger partial charge is 0.0834 e. The van der Waals surface area contributed by atoms with Crippen LogP contribution in [0.5, 0.6) is 0 Å². The third kappa shape index (κ3) is 3.16. The SMILES string of the molecule is COCc1ccccc1C(O)Cc1ccsc1. The van der Waals surface area contributed by atoms with Gasteiger partial charge in [-0.25, -0.2) is 0 Å². The number of hydrogen-bond donors (Lipinski definition) is 1. The molecule has 1 aromatic heterocycles. The van der Waals surface area contributed by atoms with Crippen molar-refractivity contribution in [3.8, 4) is 0 Å². The maximum Gasteiger partial charge on any atom is 0.0834 e. The number of thiophene rings is 1. The second-order valence-electron chi connectivity index (χ2n) is 3.98. The Morgan fingerprint density at radius 2 is 2.12 bits per heavy atom. The topological polar surface area (TPSA) is 29.5 Å². The second-order valence-corrected chi connectivity index (χ2v) is 4.76. The molecule has 0 aliphatic rings. The van der Waals surface area contributed by atoms with Gasteiger partial charge in [0.25, 0.3) is 0 Å². The first-order valence-corrected chi connectivity index (χ1v) is 6.51. The van der Waals surface area contributed by atoms with Crippen LogP contribution < -0.4 is 0 Å². The molecule has 1 N–H and O–H groups in total. The fraction of sp³-hybridized carbons (Fsp3) is 0.286. The van der Waals surface area contributed by atoms with Crippen LogP contribution in [0.1, 0.15) is 22.8 Å². The van der Waals surface area contributed by atoms with E-state index in [1.54, 1.807) is 18.4 Å². The van der Waals surface area contributed by atoms with E-state index in [1.807, 2.05) is 35.7 Å². The number of aliphatic hydroxyl groups excluding tert-OH is 1. The molecule has 90 valence electrons. The van der Waals surface area contributed by atoms with E-state index in [4.69, 9.17) is 4.74 Å². The largest absolute Gasteiger partial charge is 0.388 e. The average molecular weight is 248 g/mol. The first kappa shape index (κ1) is 12.3. The molecule has 0 bridgehead atoms. The van der Waals surface area contributed by atoms with Gasteiger partial charge in [-0.3, -0.25) is 0 Å². The maximum absolute atomic E-state index is 10.2. The van der Waals surface area contributed by atoms with E-state index >= 15 is 0 Å². The lowest BCUT2D eigenvalue weighted by Crippen LogP contribution is -2.05.